The van der Waals surface area contributed by atoms with Gasteiger partial charge >= 0.3 is 0 Å². The topological polar surface area (TPSA) is 25.2 Å². The van der Waals surface area contributed by atoms with Gasteiger partial charge in [-0.15, -0.1) is 0 Å². The van der Waals surface area contributed by atoms with Gasteiger partial charge in [-0.2, -0.15) is 0 Å². The van der Waals surface area contributed by atoms with Crippen LogP contribution in [0.15, 0.2) is 34.7 Å². The molecule has 0 radical (unpaired) electrons. The summed E-state index contributed by atoms with van der Waals surface area (Å²) in [6, 6.07) is 10.0. The summed E-state index contributed by atoms with van der Waals surface area (Å²) in [5.41, 5.74) is 3.80. The second-order valence-corrected chi connectivity index (χ2v) is 4.43. The van der Waals surface area contributed by atoms with Crippen LogP contribution in [0.25, 0.3) is 0 Å². The van der Waals surface area contributed by atoms with Crippen molar-refractivity contribution in [2.45, 2.75) is 26.8 Å². The van der Waals surface area contributed by atoms with Crippen molar-refractivity contribution in [1.82, 2.24) is 0 Å². The van der Waals surface area contributed by atoms with Gasteiger partial charge in [0, 0.05) is 5.69 Å². The summed E-state index contributed by atoms with van der Waals surface area (Å²) in [7, 11) is 0. The monoisotopic (exact) mass is 249 g/mol. The van der Waals surface area contributed by atoms with E-state index in [0.717, 1.165) is 17.9 Å². The molecule has 90 valence electrons. The Morgan fingerprint density at radius 2 is 2.06 bits per heavy atom. The highest BCUT2D eigenvalue weighted by Gasteiger charge is 2.01. The summed E-state index contributed by atoms with van der Waals surface area (Å²) in [6.45, 7) is 4.95. The maximum absolute atomic E-state index is 5.71. The third kappa shape index (κ3) is 3.04. The van der Waals surface area contributed by atoms with Crippen LogP contribution in [0.5, 0.6) is 0 Å². The Labute approximate surface area is 107 Å². The SMILES string of the molecule is CCc1ccc(NCc2ccc(Cl)o2)cc1C. The van der Waals surface area contributed by atoms with Crippen LogP contribution >= 0.6 is 11.6 Å². The van der Waals surface area contributed by atoms with E-state index in [9.17, 15) is 0 Å². The number of nitrogens with one attached hydrogen (secondary N) is 1. The number of halogens is 1. The smallest absolute Gasteiger partial charge is 0.193 e. The molecule has 1 aromatic carbocycles. The lowest BCUT2D eigenvalue weighted by molar-refractivity contribution is 0.520. The molecule has 2 aromatic rings. The minimum Gasteiger partial charge on any atom is -0.448 e. The number of furan rings is 1. The van der Waals surface area contributed by atoms with Crippen LogP contribution in [0.2, 0.25) is 5.22 Å². The Morgan fingerprint density at radius 3 is 2.65 bits per heavy atom. The van der Waals surface area contributed by atoms with E-state index in [1.54, 1.807) is 6.07 Å². The number of aryl methyl sites for hydroxylation is 2. The molecule has 0 amide bonds. The molecule has 0 atom stereocenters. The zero-order chi connectivity index (χ0) is 12.3. The average Bonchev–Trinajstić information content (AvgIpc) is 2.73. The first kappa shape index (κ1) is 12.1. The summed E-state index contributed by atoms with van der Waals surface area (Å²) in [6.07, 6.45) is 1.07. The van der Waals surface area contributed by atoms with Gasteiger partial charge in [0.15, 0.2) is 5.22 Å². The second kappa shape index (κ2) is 5.28. The molecule has 2 nitrogen and oxygen atoms in total. The summed E-state index contributed by atoms with van der Waals surface area (Å²) in [5.74, 6) is 0.840. The largest absolute Gasteiger partial charge is 0.448 e. The minimum absolute atomic E-state index is 0.430. The molecule has 17 heavy (non-hydrogen) atoms. The second-order valence-electron chi connectivity index (χ2n) is 4.05. The molecule has 0 aliphatic heterocycles. The fourth-order valence-electron chi connectivity index (χ4n) is 1.84. The van der Waals surface area contributed by atoms with Gasteiger partial charge in [-0.05, 0) is 60.3 Å². The number of rotatable bonds is 4. The number of hydrogen-bond acceptors (Lipinski definition) is 2. The molecule has 0 unspecified atom stereocenters. The van der Waals surface area contributed by atoms with Crippen molar-refractivity contribution in [3.05, 3.63) is 52.4 Å². The predicted molar refractivity (Wildman–Crippen MR) is 71.6 cm³/mol. The molecule has 3 heteroatoms. The average molecular weight is 250 g/mol. The van der Waals surface area contributed by atoms with Crippen molar-refractivity contribution in [3.8, 4) is 0 Å². The zero-order valence-corrected chi connectivity index (χ0v) is 10.8. The lowest BCUT2D eigenvalue weighted by atomic mass is 10.1. The summed E-state index contributed by atoms with van der Waals surface area (Å²) >= 11 is 5.71. The van der Waals surface area contributed by atoms with Crippen LogP contribution in [0.3, 0.4) is 0 Å². The minimum atomic E-state index is 0.430. The number of hydrogen-bond donors (Lipinski definition) is 1. The highest BCUT2D eigenvalue weighted by molar-refractivity contribution is 6.28. The summed E-state index contributed by atoms with van der Waals surface area (Å²) in [4.78, 5) is 0. The number of benzene rings is 1. The molecular formula is C14H16ClNO. The van der Waals surface area contributed by atoms with Gasteiger partial charge in [-0.1, -0.05) is 13.0 Å². The first-order chi connectivity index (χ1) is 8.19. The maximum atomic E-state index is 5.71. The Kier molecular flexibility index (Phi) is 3.75. The summed E-state index contributed by atoms with van der Waals surface area (Å²) < 4.78 is 5.28. The molecule has 0 bridgehead atoms. The van der Waals surface area contributed by atoms with Crippen molar-refractivity contribution in [2.75, 3.05) is 5.32 Å². The van der Waals surface area contributed by atoms with Crippen molar-refractivity contribution in [2.24, 2.45) is 0 Å². The van der Waals surface area contributed by atoms with Crippen LogP contribution < -0.4 is 5.32 Å². The van der Waals surface area contributed by atoms with Gasteiger partial charge in [0.1, 0.15) is 5.76 Å². The first-order valence-corrected chi connectivity index (χ1v) is 6.14. The van der Waals surface area contributed by atoms with E-state index >= 15 is 0 Å². The molecule has 2 rings (SSSR count). The summed E-state index contributed by atoms with van der Waals surface area (Å²) in [5, 5.41) is 3.74. The molecule has 1 aromatic heterocycles. The maximum Gasteiger partial charge on any atom is 0.193 e. The molecule has 0 fully saturated rings. The standard InChI is InChI=1S/C14H16ClNO/c1-3-11-4-5-12(8-10(11)2)16-9-13-6-7-14(15)17-13/h4-8,16H,3,9H2,1-2H3. The molecule has 0 saturated carbocycles. The van der Waals surface area contributed by atoms with Crippen LogP contribution in [0.1, 0.15) is 23.8 Å². The third-order valence-electron chi connectivity index (χ3n) is 2.82. The molecule has 0 aliphatic rings. The van der Waals surface area contributed by atoms with Gasteiger partial charge in [0.2, 0.25) is 0 Å². The lowest BCUT2D eigenvalue weighted by Crippen LogP contribution is -1.99. The molecule has 0 spiro atoms. The highest BCUT2D eigenvalue weighted by Crippen LogP contribution is 2.18. The Hall–Kier alpha value is -1.41. The van der Waals surface area contributed by atoms with Crippen LogP contribution in [0.4, 0.5) is 5.69 Å². The Bertz CT molecular complexity index is 505. The van der Waals surface area contributed by atoms with Crippen molar-refractivity contribution in [3.63, 3.8) is 0 Å². The predicted octanol–water partition coefficient (Wildman–Crippen LogP) is 4.42. The van der Waals surface area contributed by atoms with Gasteiger partial charge < -0.3 is 9.73 Å². The van der Waals surface area contributed by atoms with E-state index in [0.29, 0.717) is 11.8 Å². The highest BCUT2D eigenvalue weighted by atomic mass is 35.5. The van der Waals surface area contributed by atoms with Gasteiger partial charge in [-0.3, -0.25) is 0 Å². The van der Waals surface area contributed by atoms with E-state index in [1.165, 1.54) is 11.1 Å². The van der Waals surface area contributed by atoms with E-state index in [2.05, 4.69) is 37.4 Å². The fourth-order valence-corrected chi connectivity index (χ4v) is 2.00. The van der Waals surface area contributed by atoms with Crippen LogP contribution in [0, 0.1) is 6.92 Å². The quantitative estimate of drug-likeness (QED) is 0.868. The van der Waals surface area contributed by atoms with E-state index in [4.69, 9.17) is 16.0 Å². The molecule has 0 saturated heterocycles. The Morgan fingerprint density at radius 1 is 1.24 bits per heavy atom. The molecule has 1 N–H and O–H groups in total. The van der Waals surface area contributed by atoms with Gasteiger partial charge in [0.05, 0.1) is 6.54 Å². The molecular weight excluding hydrogens is 234 g/mol. The molecule has 1 heterocycles. The molecule has 0 aliphatic carbocycles. The van der Waals surface area contributed by atoms with Crippen molar-refractivity contribution in [1.29, 1.82) is 0 Å². The lowest BCUT2D eigenvalue weighted by Gasteiger charge is -2.08. The van der Waals surface area contributed by atoms with Crippen molar-refractivity contribution < 1.29 is 4.42 Å². The third-order valence-corrected chi connectivity index (χ3v) is 3.02. The van der Waals surface area contributed by atoms with Crippen LogP contribution in [-0.4, -0.2) is 0 Å². The number of anilines is 1. The zero-order valence-electron chi connectivity index (χ0n) is 10.1. The van der Waals surface area contributed by atoms with Crippen molar-refractivity contribution >= 4 is 17.3 Å². The first-order valence-electron chi connectivity index (χ1n) is 5.76. The van der Waals surface area contributed by atoms with Gasteiger partial charge in [0.25, 0.3) is 0 Å². The van der Waals surface area contributed by atoms with E-state index < -0.39 is 0 Å². The normalized spacial score (nSPS) is 10.5. The van der Waals surface area contributed by atoms with Gasteiger partial charge in [-0.25, -0.2) is 0 Å². The Balaban J connectivity index is 2.02. The van der Waals surface area contributed by atoms with E-state index in [1.807, 2.05) is 6.07 Å². The van der Waals surface area contributed by atoms with Crippen LogP contribution in [-0.2, 0) is 13.0 Å². The fraction of sp³-hybridized carbons (Fsp3) is 0.286. The van der Waals surface area contributed by atoms with E-state index in [-0.39, 0.29) is 0 Å².